The maximum atomic E-state index is 14.5. The predicted octanol–water partition coefficient (Wildman–Crippen LogP) is 8.41. The van der Waals surface area contributed by atoms with Crippen LogP contribution in [0.3, 0.4) is 0 Å². The molecule has 1 amide bonds. The molecular formula is C36H59NO2. The normalized spacial score (nSPS) is 53.3. The highest BCUT2D eigenvalue weighted by Crippen LogP contribution is 2.77. The number of aliphatic hydroxyl groups excluding tert-OH is 1. The fourth-order valence-corrected chi connectivity index (χ4v) is 13.2. The first-order valence-corrected chi connectivity index (χ1v) is 17.0. The van der Waals surface area contributed by atoms with E-state index in [1.807, 2.05) is 0 Å². The summed E-state index contributed by atoms with van der Waals surface area (Å²) in [5.41, 5.74) is 2.13. The lowest BCUT2D eigenvalue weighted by atomic mass is 9.32. The topological polar surface area (TPSA) is 40.5 Å². The standard InChI is InChI=1S/C36H59NO2/c1-8-32(4)27-15-18-35(7)28(33(27,5)17-16-29(32)38)13-12-26-30-25(24(2)3)14-19-36(30,21-20-34(26,35)6)31(39)37-22-10-9-11-23-37/h25-30,38H,2,8-23H2,1,3-7H3. The smallest absolute Gasteiger partial charge is 0.229 e. The Morgan fingerprint density at radius 3 is 2.23 bits per heavy atom. The summed E-state index contributed by atoms with van der Waals surface area (Å²) in [6.07, 6.45) is 16.5. The molecule has 6 rings (SSSR count). The molecule has 0 aromatic rings. The van der Waals surface area contributed by atoms with Crippen LogP contribution in [0.25, 0.3) is 0 Å². The molecule has 0 spiro atoms. The van der Waals surface area contributed by atoms with Gasteiger partial charge in [-0.15, -0.1) is 0 Å². The Hall–Kier alpha value is -0.830. The van der Waals surface area contributed by atoms with Gasteiger partial charge in [-0.25, -0.2) is 0 Å². The van der Waals surface area contributed by atoms with Gasteiger partial charge in [-0.2, -0.15) is 0 Å². The lowest BCUT2D eigenvalue weighted by molar-refractivity contribution is -0.250. The number of carbonyl (C=O) groups is 1. The predicted molar refractivity (Wildman–Crippen MR) is 160 cm³/mol. The van der Waals surface area contributed by atoms with Crippen molar-refractivity contribution in [3.05, 3.63) is 12.2 Å². The van der Waals surface area contributed by atoms with Crippen molar-refractivity contribution in [3.8, 4) is 0 Å². The van der Waals surface area contributed by atoms with Crippen LogP contribution in [0.5, 0.6) is 0 Å². The summed E-state index contributed by atoms with van der Waals surface area (Å²) in [4.78, 5) is 16.8. The first-order valence-electron chi connectivity index (χ1n) is 17.0. The first kappa shape index (κ1) is 28.3. The monoisotopic (exact) mass is 537 g/mol. The Morgan fingerprint density at radius 2 is 1.56 bits per heavy atom. The summed E-state index contributed by atoms with van der Waals surface area (Å²) in [6, 6.07) is 0. The molecule has 3 nitrogen and oxygen atoms in total. The second kappa shape index (κ2) is 9.34. The van der Waals surface area contributed by atoms with E-state index >= 15 is 0 Å². The quantitative estimate of drug-likeness (QED) is 0.367. The van der Waals surface area contributed by atoms with Crippen molar-refractivity contribution < 1.29 is 9.90 Å². The van der Waals surface area contributed by atoms with Gasteiger partial charge in [-0.1, -0.05) is 46.8 Å². The summed E-state index contributed by atoms with van der Waals surface area (Å²) in [6.45, 7) is 21.5. The average Bonchev–Trinajstić information content (AvgIpc) is 3.33. The van der Waals surface area contributed by atoms with Crippen LogP contribution in [0.15, 0.2) is 12.2 Å². The second-order valence-corrected chi connectivity index (χ2v) is 16.6. The van der Waals surface area contributed by atoms with Gasteiger partial charge in [0, 0.05) is 13.1 Å². The molecular weight excluding hydrogens is 478 g/mol. The van der Waals surface area contributed by atoms with Crippen LogP contribution in [0, 0.1) is 56.7 Å². The zero-order valence-electron chi connectivity index (χ0n) is 26.3. The zero-order chi connectivity index (χ0) is 28.0. The second-order valence-electron chi connectivity index (χ2n) is 16.6. The highest BCUT2D eigenvalue weighted by Gasteiger charge is 2.72. The average molecular weight is 538 g/mol. The molecule has 3 heteroatoms. The van der Waals surface area contributed by atoms with Gasteiger partial charge in [0.25, 0.3) is 0 Å². The molecule has 6 fully saturated rings. The van der Waals surface area contributed by atoms with Crippen molar-refractivity contribution in [3.63, 3.8) is 0 Å². The van der Waals surface area contributed by atoms with Crippen LogP contribution >= 0.6 is 0 Å². The summed E-state index contributed by atoms with van der Waals surface area (Å²) >= 11 is 0. The van der Waals surface area contributed by atoms with Gasteiger partial charge >= 0.3 is 0 Å². The number of nitrogens with zero attached hydrogens (tertiary/aromatic N) is 1. The first-order chi connectivity index (χ1) is 18.4. The van der Waals surface area contributed by atoms with Crippen LogP contribution in [0.4, 0.5) is 0 Å². The minimum absolute atomic E-state index is 0.0468. The third kappa shape index (κ3) is 3.59. The molecule has 5 aliphatic carbocycles. The third-order valence-electron chi connectivity index (χ3n) is 15.7. The van der Waals surface area contributed by atoms with E-state index in [1.165, 1.54) is 69.8 Å². The summed E-state index contributed by atoms with van der Waals surface area (Å²) in [5.74, 6) is 3.47. The van der Waals surface area contributed by atoms with Crippen molar-refractivity contribution in [1.29, 1.82) is 0 Å². The van der Waals surface area contributed by atoms with Gasteiger partial charge in [0.1, 0.15) is 0 Å². The SMILES string of the molecule is C=C(C)C1CCC2(C(=O)N3CCCCC3)CCC3(C)C(CCC4C5(C)CCC(O)C(C)(CC)C5CCC43C)C12. The van der Waals surface area contributed by atoms with Crippen LogP contribution in [-0.2, 0) is 4.79 Å². The number of aliphatic hydroxyl groups is 1. The molecule has 0 aromatic heterocycles. The number of fused-ring (bicyclic) bond motifs is 7. The number of amides is 1. The van der Waals surface area contributed by atoms with Crippen LogP contribution < -0.4 is 0 Å². The fraction of sp³-hybridized carbons (Fsp3) is 0.917. The van der Waals surface area contributed by atoms with Crippen molar-refractivity contribution >= 4 is 5.91 Å². The highest BCUT2D eigenvalue weighted by molar-refractivity contribution is 5.84. The molecule has 1 N–H and O–H groups in total. The molecule has 0 bridgehead atoms. The van der Waals surface area contributed by atoms with Gasteiger partial charge in [0.15, 0.2) is 0 Å². The molecule has 220 valence electrons. The summed E-state index contributed by atoms with van der Waals surface area (Å²) in [7, 11) is 0. The minimum atomic E-state index is -0.150. The van der Waals surface area contributed by atoms with Crippen molar-refractivity contribution in [1.82, 2.24) is 4.90 Å². The van der Waals surface area contributed by atoms with E-state index in [2.05, 4.69) is 53.0 Å². The lowest BCUT2D eigenvalue weighted by Gasteiger charge is -2.73. The third-order valence-corrected chi connectivity index (χ3v) is 15.7. The number of piperidine rings is 1. The maximum Gasteiger partial charge on any atom is 0.229 e. The van der Waals surface area contributed by atoms with Gasteiger partial charge in [-0.05, 0) is 148 Å². The van der Waals surface area contributed by atoms with E-state index < -0.39 is 0 Å². The van der Waals surface area contributed by atoms with E-state index in [9.17, 15) is 9.90 Å². The van der Waals surface area contributed by atoms with Crippen LogP contribution in [0.2, 0.25) is 0 Å². The van der Waals surface area contributed by atoms with Gasteiger partial charge < -0.3 is 10.0 Å². The number of allylic oxidation sites excluding steroid dienone is 1. The molecule has 6 aliphatic rings. The number of rotatable bonds is 3. The van der Waals surface area contributed by atoms with E-state index in [0.717, 1.165) is 44.7 Å². The summed E-state index contributed by atoms with van der Waals surface area (Å²) < 4.78 is 0. The molecule has 11 atom stereocenters. The zero-order valence-corrected chi connectivity index (χ0v) is 26.3. The Labute approximate surface area is 240 Å². The van der Waals surface area contributed by atoms with Crippen LogP contribution in [0.1, 0.15) is 131 Å². The number of carbonyl (C=O) groups excluding carboxylic acids is 1. The molecule has 5 saturated carbocycles. The highest BCUT2D eigenvalue weighted by atomic mass is 16.3. The molecule has 0 aromatic carbocycles. The van der Waals surface area contributed by atoms with E-state index in [0.29, 0.717) is 40.4 Å². The van der Waals surface area contributed by atoms with E-state index in [4.69, 9.17) is 0 Å². The van der Waals surface area contributed by atoms with Crippen LogP contribution in [-0.4, -0.2) is 35.1 Å². The van der Waals surface area contributed by atoms with Crippen molar-refractivity contribution in [2.75, 3.05) is 13.1 Å². The Balaban J connectivity index is 1.38. The molecule has 1 aliphatic heterocycles. The number of hydrogen-bond donors (Lipinski definition) is 1. The fourth-order valence-electron chi connectivity index (χ4n) is 13.2. The Bertz CT molecular complexity index is 1000. The minimum Gasteiger partial charge on any atom is -0.393 e. The van der Waals surface area contributed by atoms with Gasteiger partial charge in [0.05, 0.1) is 11.5 Å². The Kier molecular flexibility index (Phi) is 6.77. The number of likely N-dealkylation sites (tertiary alicyclic amines) is 1. The van der Waals surface area contributed by atoms with Gasteiger partial charge in [0.2, 0.25) is 5.91 Å². The Morgan fingerprint density at radius 1 is 0.846 bits per heavy atom. The largest absolute Gasteiger partial charge is 0.393 e. The van der Waals surface area contributed by atoms with E-state index in [-0.39, 0.29) is 22.3 Å². The molecule has 39 heavy (non-hydrogen) atoms. The van der Waals surface area contributed by atoms with Gasteiger partial charge in [-0.3, -0.25) is 4.79 Å². The molecule has 0 radical (unpaired) electrons. The lowest BCUT2D eigenvalue weighted by Crippen LogP contribution is -2.67. The molecule has 1 saturated heterocycles. The molecule has 11 unspecified atom stereocenters. The molecule has 1 heterocycles. The van der Waals surface area contributed by atoms with Crippen molar-refractivity contribution in [2.45, 2.75) is 138 Å². The summed E-state index contributed by atoms with van der Waals surface area (Å²) in [5, 5.41) is 11.2. The van der Waals surface area contributed by atoms with E-state index in [1.54, 1.807) is 0 Å². The van der Waals surface area contributed by atoms with Crippen molar-refractivity contribution in [2.24, 2.45) is 56.7 Å². The number of hydrogen-bond acceptors (Lipinski definition) is 2. The maximum absolute atomic E-state index is 14.5.